The van der Waals surface area contributed by atoms with Crippen molar-refractivity contribution in [3.05, 3.63) is 60.0 Å². The summed E-state index contributed by atoms with van der Waals surface area (Å²) in [6.45, 7) is 4.30. The normalized spacial score (nSPS) is 10.7. The second-order valence-corrected chi connectivity index (χ2v) is 9.95. The Morgan fingerprint density at radius 1 is 0.923 bits per heavy atom. The summed E-state index contributed by atoms with van der Waals surface area (Å²) < 4.78 is 1.10. The van der Waals surface area contributed by atoms with E-state index in [9.17, 15) is 0 Å². The molecule has 0 atom stereocenters. The van der Waals surface area contributed by atoms with E-state index in [1.807, 2.05) is 6.07 Å². The van der Waals surface area contributed by atoms with Gasteiger partial charge in [-0.1, -0.05) is 79.5 Å². The third kappa shape index (κ3) is 5.64. The van der Waals surface area contributed by atoms with Gasteiger partial charge >= 0.3 is 0 Å². The number of nitrogens with zero attached hydrogens (tertiary/aromatic N) is 2. The highest BCUT2D eigenvalue weighted by Gasteiger charge is 2.07. The van der Waals surface area contributed by atoms with Crippen LogP contribution in [0.5, 0.6) is 0 Å². The number of rotatable bonds is 6. The van der Waals surface area contributed by atoms with Gasteiger partial charge in [-0.3, -0.25) is 0 Å². The van der Waals surface area contributed by atoms with Crippen LogP contribution in [0.2, 0.25) is 0 Å². The van der Waals surface area contributed by atoms with E-state index < -0.39 is 0 Å². The Morgan fingerprint density at radius 2 is 1.58 bits per heavy atom. The van der Waals surface area contributed by atoms with Gasteiger partial charge in [-0.15, -0.1) is 11.3 Å². The van der Waals surface area contributed by atoms with E-state index >= 15 is 0 Å². The largest absolute Gasteiger partial charge is 0.218 e. The molecular weight excluding hydrogens is 397 g/mol. The van der Waals surface area contributed by atoms with Crippen LogP contribution in [0.3, 0.4) is 0 Å². The summed E-state index contributed by atoms with van der Waals surface area (Å²) in [7, 11) is 0. The quantitative estimate of drug-likeness (QED) is 0.308. The SMILES string of the molecule is CCSC(=Nc1nc(-c2ccc(Sc3ccccc3)cc2)cs1)SCC. The monoisotopic (exact) mass is 416 g/mol. The molecule has 6 heteroatoms. The van der Waals surface area contributed by atoms with Crippen molar-refractivity contribution in [3.63, 3.8) is 0 Å². The number of hydrogen-bond acceptors (Lipinski definition) is 6. The maximum Gasteiger partial charge on any atom is 0.211 e. The first kappa shape index (κ1) is 19.5. The van der Waals surface area contributed by atoms with Gasteiger partial charge in [-0.25, -0.2) is 9.98 Å². The molecule has 0 aliphatic rings. The number of aromatic nitrogens is 1. The first-order chi connectivity index (χ1) is 12.8. The summed E-state index contributed by atoms with van der Waals surface area (Å²) in [5.41, 5.74) is 2.13. The van der Waals surface area contributed by atoms with Crippen molar-refractivity contribution in [1.82, 2.24) is 4.98 Å². The van der Waals surface area contributed by atoms with Gasteiger partial charge in [0, 0.05) is 20.7 Å². The van der Waals surface area contributed by atoms with Crippen LogP contribution >= 0.6 is 46.6 Å². The first-order valence-corrected chi connectivity index (χ1v) is 12.1. The summed E-state index contributed by atoms with van der Waals surface area (Å²) in [5.74, 6) is 2.06. The maximum absolute atomic E-state index is 4.70. The Bertz CT molecular complexity index is 834. The van der Waals surface area contributed by atoms with E-state index in [0.717, 1.165) is 32.3 Å². The van der Waals surface area contributed by atoms with Crippen molar-refractivity contribution < 1.29 is 0 Å². The van der Waals surface area contributed by atoms with E-state index in [0.29, 0.717) is 0 Å². The fraction of sp³-hybridized carbons (Fsp3) is 0.200. The number of thioether (sulfide) groups is 2. The summed E-state index contributed by atoms with van der Waals surface area (Å²) in [6.07, 6.45) is 0. The Morgan fingerprint density at radius 3 is 2.23 bits per heavy atom. The summed E-state index contributed by atoms with van der Waals surface area (Å²) >= 11 is 6.93. The van der Waals surface area contributed by atoms with Crippen LogP contribution in [0.25, 0.3) is 11.3 Å². The van der Waals surface area contributed by atoms with Crippen molar-refractivity contribution in [3.8, 4) is 11.3 Å². The molecule has 0 saturated carbocycles. The van der Waals surface area contributed by atoms with E-state index in [4.69, 9.17) is 9.98 Å². The second-order valence-electron chi connectivity index (χ2n) is 5.20. The molecule has 0 aliphatic heterocycles. The standard InChI is InChI=1S/C20H20N2S4/c1-3-23-20(24-4-2)22-19-21-18(14-25-19)15-10-12-17(13-11-15)26-16-8-6-5-7-9-16/h5-14H,3-4H2,1-2H3. The second kappa shape index (κ2) is 10.2. The van der Waals surface area contributed by atoms with Crippen molar-refractivity contribution in [1.29, 1.82) is 0 Å². The van der Waals surface area contributed by atoms with Gasteiger partial charge in [0.05, 0.1) is 5.69 Å². The fourth-order valence-corrected chi connectivity index (χ4v) is 5.69. The van der Waals surface area contributed by atoms with Crippen LogP contribution in [-0.2, 0) is 0 Å². The van der Waals surface area contributed by atoms with Crippen molar-refractivity contribution in [2.24, 2.45) is 4.99 Å². The first-order valence-electron chi connectivity index (χ1n) is 8.41. The summed E-state index contributed by atoms with van der Waals surface area (Å²) in [5, 5.41) is 2.92. The van der Waals surface area contributed by atoms with Gasteiger partial charge in [0.1, 0.15) is 4.38 Å². The van der Waals surface area contributed by atoms with Gasteiger partial charge in [0.2, 0.25) is 5.13 Å². The zero-order chi connectivity index (χ0) is 18.2. The highest BCUT2D eigenvalue weighted by Crippen LogP contribution is 2.32. The molecule has 0 fully saturated rings. The van der Waals surface area contributed by atoms with Crippen molar-refractivity contribution in [2.75, 3.05) is 11.5 Å². The van der Waals surface area contributed by atoms with E-state index in [2.05, 4.69) is 67.8 Å². The van der Waals surface area contributed by atoms with Crippen LogP contribution in [0.15, 0.2) is 74.8 Å². The zero-order valence-electron chi connectivity index (χ0n) is 14.7. The molecule has 1 heterocycles. The third-order valence-electron chi connectivity index (χ3n) is 3.34. The van der Waals surface area contributed by atoms with Crippen molar-refractivity contribution >= 4 is 56.1 Å². The highest BCUT2D eigenvalue weighted by molar-refractivity contribution is 8.38. The molecule has 0 radical (unpaired) electrons. The summed E-state index contributed by atoms with van der Waals surface area (Å²) in [4.78, 5) is 11.9. The topological polar surface area (TPSA) is 25.2 Å². The minimum absolute atomic E-state index is 0.833. The number of thiazole rings is 1. The molecule has 0 amide bonds. The average Bonchev–Trinajstić information content (AvgIpc) is 3.12. The molecule has 3 aromatic rings. The lowest BCUT2D eigenvalue weighted by Gasteiger charge is -2.03. The molecule has 26 heavy (non-hydrogen) atoms. The molecular formula is C20H20N2S4. The van der Waals surface area contributed by atoms with Gasteiger partial charge in [-0.2, -0.15) is 0 Å². The average molecular weight is 417 g/mol. The molecule has 0 spiro atoms. The molecule has 0 bridgehead atoms. The number of benzene rings is 2. The Hall–Kier alpha value is -1.21. The Kier molecular flexibility index (Phi) is 7.68. The molecule has 0 N–H and O–H groups in total. The summed E-state index contributed by atoms with van der Waals surface area (Å²) in [6, 6.07) is 19.0. The van der Waals surface area contributed by atoms with Crippen LogP contribution in [0.1, 0.15) is 13.8 Å². The smallest absolute Gasteiger partial charge is 0.211 e. The predicted octanol–water partition coefficient (Wildman–Crippen LogP) is 7.46. The zero-order valence-corrected chi connectivity index (χ0v) is 18.0. The fourth-order valence-electron chi connectivity index (χ4n) is 2.20. The van der Waals surface area contributed by atoms with Gasteiger partial charge < -0.3 is 0 Å². The Labute approximate surface area is 171 Å². The molecule has 2 aromatic carbocycles. The van der Waals surface area contributed by atoms with Gasteiger partial charge in [0.25, 0.3) is 0 Å². The van der Waals surface area contributed by atoms with E-state index in [1.165, 1.54) is 9.79 Å². The molecule has 0 aliphatic carbocycles. The predicted molar refractivity (Wildman–Crippen MR) is 121 cm³/mol. The van der Waals surface area contributed by atoms with Crippen LogP contribution in [-0.4, -0.2) is 20.9 Å². The number of hydrogen-bond donors (Lipinski definition) is 0. The van der Waals surface area contributed by atoms with Crippen LogP contribution in [0, 0.1) is 0 Å². The third-order valence-corrected chi connectivity index (χ3v) is 7.05. The molecule has 1 aromatic heterocycles. The molecule has 2 nitrogen and oxygen atoms in total. The molecule has 3 rings (SSSR count). The highest BCUT2D eigenvalue weighted by atomic mass is 32.2. The minimum atomic E-state index is 0.833. The van der Waals surface area contributed by atoms with Gasteiger partial charge in [0.15, 0.2) is 0 Å². The molecule has 0 saturated heterocycles. The molecule has 134 valence electrons. The molecule has 0 unspecified atom stereocenters. The van der Waals surface area contributed by atoms with E-state index in [-0.39, 0.29) is 0 Å². The Balaban J connectivity index is 1.72. The lowest BCUT2D eigenvalue weighted by Crippen LogP contribution is -1.86. The van der Waals surface area contributed by atoms with Crippen molar-refractivity contribution in [2.45, 2.75) is 23.6 Å². The van der Waals surface area contributed by atoms with Crippen LogP contribution in [0.4, 0.5) is 5.13 Å². The van der Waals surface area contributed by atoms with Gasteiger partial charge in [-0.05, 0) is 35.8 Å². The lowest BCUT2D eigenvalue weighted by molar-refractivity contribution is 1.34. The number of aliphatic imine (C=N–C) groups is 1. The van der Waals surface area contributed by atoms with Crippen LogP contribution < -0.4 is 0 Å². The maximum atomic E-state index is 4.70. The minimum Gasteiger partial charge on any atom is -0.218 e. The lowest BCUT2D eigenvalue weighted by atomic mass is 10.2. The van der Waals surface area contributed by atoms with E-state index in [1.54, 1.807) is 46.6 Å².